The van der Waals surface area contributed by atoms with Crippen molar-refractivity contribution in [3.63, 3.8) is 0 Å². The fourth-order valence-electron chi connectivity index (χ4n) is 1.32. The van der Waals surface area contributed by atoms with E-state index in [4.69, 9.17) is 0 Å². The van der Waals surface area contributed by atoms with E-state index in [9.17, 15) is 4.79 Å². The van der Waals surface area contributed by atoms with Crippen LogP contribution in [0.2, 0.25) is 0 Å². The van der Waals surface area contributed by atoms with Crippen molar-refractivity contribution < 1.29 is 4.79 Å². The monoisotopic (exact) mass is 182 g/mol. The maximum atomic E-state index is 12.0. The second-order valence-corrected chi connectivity index (χ2v) is 5.69. The highest BCUT2D eigenvalue weighted by Gasteiger charge is 2.34. The van der Waals surface area contributed by atoms with Crippen LogP contribution in [0.5, 0.6) is 0 Å². The molecule has 0 fully saturated rings. The molecule has 1 heteroatoms. The smallest absolute Gasteiger partial charge is 0.145 e. The summed E-state index contributed by atoms with van der Waals surface area (Å²) in [5, 5.41) is 0. The maximum Gasteiger partial charge on any atom is 0.145 e. The number of ketones is 1. The molecule has 0 aromatic carbocycles. The third-order valence-electron chi connectivity index (χ3n) is 2.19. The molecule has 0 saturated carbocycles. The minimum absolute atomic E-state index is 0.0217. The number of carbonyl (C=O) groups is 1. The van der Waals surface area contributed by atoms with Gasteiger partial charge in [0.25, 0.3) is 0 Å². The first-order valence-electron chi connectivity index (χ1n) is 4.77. The van der Waals surface area contributed by atoms with Crippen molar-refractivity contribution >= 4 is 5.78 Å². The summed E-state index contributed by atoms with van der Waals surface area (Å²) >= 11 is 0. The van der Waals surface area contributed by atoms with E-state index in [0.29, 0.717) is 0 Å². The van der Waals surface area contributed by atoms with Gasteiger partial charge in [0, 0.05) is 11.3 Å². The van der Waals surface area contributed by atoms with E-state index >= 15 is 0 Å². The third-order valence-corrected chi connectivity index (χ3v) is 2.19. The van der Waals surface area contributed by atoms with Crippen LogP contribution in [0.3, 0.4) is 0 Å². The lowest BCUT2D eigenvalue weighted by Gasteiger charge is -2.31. The summed E-state index contributed by atoms with van der Waals surface area (Å²) in [6, 6.07) is 0. The lowest BCUT2D eigenvalue weighted by molar-refractivity contribution is -0.131. The summed E-state index contributed by atoms with van der Waals surface area (Å²) < 4.78 is 0. The predicted octanol–water partition coefficient (Wildman–Crippen LogP) is 3.45. The van der Waals surface area contributed by atoms with E-state index in [2.05, 4.69) is 27.4 Å². The lowest BCUT2D eigenvalue weighted by Crippen LogP contribution is -2.35. The summed E-state index contributed by atoms with van der Waals surface area (Å²) in [6.45, 7) is 15.8. The quantitative estimate of drug-likeness (QED) is 0.598. The van der Waals surface area contributed by atoms with Crippen molar-refractivity contribution in [1.29, 1.82) is 0 Å². The third kappa shape index (κ3) is 3.33. The van der Waals surface area contributed by atoms with Crippen molar-refractivity contribution in [2.75, 3.05) is 0 Å². The molecule has 0 aliphatic carbocycles. The van der Waals surface area contributed by atoms with Crippen LogP contribution in [0.4, 0.5) is 0 Å². The lowest BCUT2D eigenvalue weighted by atomic mass is 9.71. The van der Waals surface area contributed by atoms with E-state index in [-0.39, 0.29) is 22.5 Å². The van der Waals surface area contributed by atoms with E-state index in [1.165, 1.54) is 0 Å². The number of hydrogen-bond donors (Lipinski definition) is 0. The van der Waals surface area contributed by atoms with Crippen molar-refractivity contribution in [3.05, 3.63) is 12.7 Å². The number of carbonyl (C=O) groups excluding carboxylic acids is 1. The van der Waals surface area contributed by atoms with Gasteiger partial charge in [-0.1, -0.05) is 47.6 Å². The van der Waals surface area contributed by atoms with Crippen LogP contribution in [-0.2, 0) is 4.79 Å². The van der Waals surface area contributed by atoms with Crippen LogP contribution < -0.4 is 0 Å². The van der Waals surface area contributed by atoms with Crippen LogP contribution in [-0.4, -0.2) is 5.78 Å². The molecule has 0 amide bonds. The maximum absolute atomic E-state index is 12.0. The Morgan fingerprint density at radius 3 is 1.62 bits per heavy atom. The highest BCUT2D eigenvalue weighted by molar-refractivity contribution is 5.87. The molecule has 0 radical (unpaired) electrons. The summed E-state index contributed by atoms with van der Waals surface area (Å²) in [5.74, 6) is 0.225. The summed E-state index contributed by atoms with van der Waals surface area (Å²) in [4.78, 5) is 12.0. The first-order chi connectivity index (χ1) is 5.60. The summed E-state index contributed by atoms with van der Waals surface area (Å²) in [7, 11) is 0. The molecule has 13 heavy (non-hydrogen) atoms. The van der Waals surface area contributed by atoms with Crippen LogP contribution in [0.1, 0.15) is 41.5 Å². The second kappa shape index (κ2) is 3.65. The van der Waals surface area contributed by atoms with Gasteiger partial charge in [0.05, 0.1) is 0 Å². The fraction of sp³-hybridized carbons (Fsp3) is 0.750. The van der Waals surface area contributed by atoms with Gasteiger partial charge in [-0.3, -0.25) is 4.79 Å². The SMILES string of the molecule is C=CC(C(=O)C(C)(C)C)C(C)(C)C. The highest BCUT2D eigenvalue weighted by Crippen LogP contribution is 2.33. The Labute approximate surface area is 82.2 Å². The standard InChI is InChI=1S/C12H22O/c1-8-9(11(2,3)4)10(13)12(5,6)7/h8-9H,1H2,2-7H3. The molecule has 0 rings (SSSR count). The van der Waals surface area contributed by atoms with Crippen molar-refractivity contribution in [2.45, 2.75) is 41.5 Å². The molecule has 1 nitrogen and oxygen atoms in total. The van der Waals surface area contributed by atoms with E-state index in [1.807, 2.05) is 20.8 Å². The van der Waals surface area contributed by atoms with Crippen LogP contribution >= 0.6 is 0 Å². The molecule has 0 aromatic heterocycles. The Balaban J connectivity index is 4.82. The van der Waals surface area contributed by atoms with Crippen LogP contribution in [0.25, 0.3) is 0 Å². The van der Waals surface area contributed by atoms with E-state index in [1.54, 1.807) is 6.08 Å². The Morgan fingerprint density at radius 2 is 1.54 bits per heavy atom. The predicted molar refractivity (Wildman–Crippen MR) is 57.6 cm³/mol. The van der Waals surface area contributed by atoms with Gasteiger partial charge in [-0.15, -0.1) is 6.58 Å². The Hall–Kier alpha value is -0.590. The van der Waals surface area contributed by atoms with E-state index in [0.717, 1.165) is 0 Å². The molecule has 0 saturated heterocycles. The number of hydrogen-bond acceptors (Lipinski definition) is 1. The minimum Gasteiger partial charge on any atom is -0.298 e. The summed E-state index contributed by atoms with van der Waals surface area (Å²) in [6.07, 6.45) is 1.77. The zero-order valence-corrected chi connectivity index (χ0v) is 9.77. The van der Waals surface area contributed by atoms with Gasteiger partial charge >= 0.3 is 0 Å². The first kappa shape index (κ1) is 12.4. The fourth-order valence-corrected chi connectivity index (χ4v) is 1.32. The van der Waals surface area contributed by atoms with Gasteiger partial charge < -0.3 is 0 Å². The Morgan fingerprint density at radius 1 is 1.15 bits per heavy atom. The van der Waals surface area contributed by atoms with Crippen LogP contribution in [0, 0.1) is 16.7 Å². The molecule has 76 valence electrons. The number of Topliss-reactive ketones (excluding diaryl/α,β-unsaturated/α-hetero) is 1. The Kier molecular flexibility index (Phi) is 3.48. The molecule has 1 atom stereocenters. The zero-order valence-electron chi connectivity index (χ0n) is 9.77. The Bertz CT molecular complexity index is 200. The first-order valence-corrected chi connectivity index (χ1v) is 4.77. The second-order valence-electron chi connectivity index (χ2n) is 5.69. The molecular formula is C12H22O. The van der Waals surface area contributed by atoms with Gasteiger partial charge in [-0.25, -0.2) is 0 Å². The molecule has 0 aliphatic heterocycles. The largest absolute Gasteiger partial charge is 0.298 e. The van der Waals surface area contributed by atoms with Gasteiger partial charge in [0.2, 0.25) is 0 Å². The molecule has 0 spiro atoms. The average Bonchev–Trinajstić information content (AvgIpc) is 1.83. The normalized spacial score (nSPS) is 15.2. The van der Waals surface area contributed by atoms with E-state index < -0.39 is 0 Å². The van der Waals surface area contributed by atoms with Crippen molar-refractivity contribution in [1.82, 2.24) is 0 Å². The van der Waals surface area contributed by atoms with Crippen LogP contribution in [0.15, 0.2) is 12.7 Å². The van der Waals surface area contributed by atoms with Crippen molar-refractivity contribution in [3.8, 4) is 0 Å². The molecule has 1 unspecified atom stereocenters. The minimum atomic E-state index is -0.272. The number of allylic oxidation sites excluding steroid dienone is 1. The van der Waals surface area contributed by atoms with Gasteiger partial charge in [-0.2, -0.15) is 0 Å². The molecule has 0 N–H and O–H groups in total. The topological polar surface area (TPSA) is 17.1 Å². The molecule has 0 heterocycles. The van der Waals surface area contributed by atoms with Gasteiger partial charge in [0.15, 0.2) is 0 Å². The molecule has 0 aliphatic rings. The van der Waals surface area contributed by atoms with Crippen molar-refractivity contribution in [2.24, 2.45) is 16.7 Å². The van der Waals surface area contributed by atoms with Gasteiger partial charge in [0.1, 0.15) is 5.78 Å². The number of rotatable bonds is 2. The summed E-state index contributed by atoms with van der Waals surface area (Å²) in [5.41, 5.74) is -0.293. The average molecular weight is 182 g/mol. The van der Waals surface area contributed by atoms with Gasteiger partial charge in [-0.05, 0) is 5.41 Å². The zero-order chi connectivity index (χ0) is 10.9. The molecular weight excluding hydrogens is 160 g/mol. The highest BCUT2D eigenvalue weighted by atomic mass is 16.1. The molecule has 0 aromatic rings. The molecule has 0 bridgehead atoms.